The Labute approximate surface area is 53.5 Å². The molecule has 0 radical (unpaired) electrons. The average Bonchev–Trinajstić information content (AvgIpc) is 1.90. The van der Waals surface area contributed by atoms with Crippen LogP contribution in [0, 0.1) is 0 Å². The molecule has 3 N–H and O–H groups in total. The predicted octanol–water partition coefficient (Wildman–Crippen LogP) is 0.0915. The molecule has 0 amide bonds. The van der Waals surface area contributed by atoms with Crippen LogP contribution in [-0.4, -0.2) is 7.11 Å². The monoisotopic (exact) mass is 125 g/mol. The van der Waals surface area contributed by atoms with Crippen LogP contribution in [0.1, 0.15) is 0 Å². The zero-order valence-corrected chi connectivity index (χ0v) is 5.22. The molecule has 0 aliphatic heterocycles. The van der Waals surface area contributed by atoms with Gasteiger partial charge >= 0.3 is 5.88 Å². The van der Waals surface area contributed by atoms with Crippen LogP contribution < -0.4 is 15.5 Å². The molecular weight excluding hydrogens is 116 g/mol. The van der Waals surface area contributed by atoms with Crippen LogP contribution in [0.15, 0.2) is 18.3 Å². The van der Waals surface area contributed by atoms with Crippen LogP contribution in [0.3, 0.4) is 0 Å². The summed E-state index contributed by atoms with van der Waals surface area (Å²) in [4.78, 5) is 2.84. The second kappa shape index (κ2) is 2.35. The number of aromatic nitrogens is 1. The molecule has 1 aromatic rings. The van der Waals surface area contributed by atoms with E-state index in [0.717, 1.165) is 0 Å². The zero-order chi connectivity index (χ0) is 6.69. The minimum atomic E-state index is 0.704. The number of hydrogen-bond donors (Lipinski definition) is 1. The van der Waals surface area contributed by atoms with Gasteiger partial charge in [0, 0.05) is 0 Å². The van der Waals surface area contributed by atoms with Crippen molar-refractivity contribution in [2.24, 2.45) is 0 Å². The van der Waals surface area contributed by atoms with Gasteiger partial charge in [0.1, 0.15) is 0 Å². The fourth-order valence-corrected chi connectivity index (χ4v) is 0.550. The highest BCUT2D eigenvalue weighted by atomic mass is 16.5. The van der Waals surface area contributed by atoms with Gasteiger partial charge in [-0.25, -0.2) is 0 Å². The van der Waals surface area contributed by atoms with Crippen molar-refractivity contribution in [3.8, 4) is 5.88 Å². The van der Waals surface area contributed by atoms with Gasteiger partial charge in [-0.3, -0.25) is 0 Å². The highest BCUT2D eigenvalue weighted by Crippen LogP contribution is 2.01. The van der Waals surface area contributed by atoms with Gasteiger partial charge in [-0.2, -0.15) is 4.98 Å². The van der Waals surface area contributed by atoms with Gasteiger partial charge in [-0.05, 0) is 6.07 Å². The topological polar surface area (TPSA) is 49.4 Å². The van der Waals surface area contributed by atoms with Crippen molar-refractivity contribution in [2.75, 3.05) is 12.8 Å². The first-order chi connectivity index (χ1) is 4.33. The van der Waals surface area contributed by atoms with Gasteiger partial charge in [0.2, 0.25) is 0 Å². The molecule has 0 aliphatic carbocycles. The summed E-state index contributed by atoms with van der Waals surface area (Å²) >= 11 is 0. The van der Waals surface area contributed by atoms with Gasteiger partial charge < -0.3 is 10.5 Å². The number of methoxy groups -OCH3 is 1. The molecule has 0 spiro atoms. The number of nitrogens with one attached hydrogen (secondary N) is 1. The van der Waals surface area contributed by atoms with Gasteiger partial charge in [0.25, 0.3) is 0 Å². The van der Waals surface area contributed by atoms with E-state index in [2.05, 4.69) is 4.98 Å². The number of pyridine rings is 1. The lowest BCUT2D eigenvalue weighted by molar-refractivity contribution is -0.392. The van der Waals surface area contributed by atoms with Crippen LogP contribution in [0.2, 0.25) is 0 Å². The fraction of sp³-hybridized carbons (Fsp3) is 0.167. The van der Waals surface area contributed by atoms with Gasteiger partial charge in [-0.1, -0.05) is 0 Å². The Kier molecular flexibility index (Phi) is 1.53. The SMILES string of the molecule is COc1ccc(N)c[nH+]1. The molecule has 1 aromatic heterocycles. The number of ether oxygens (including phenoxy) is 1. The number of hydrogen-bond acceptors (Lipinski definition) is 2. The van der Waals surface area contributed by atoms with Crippen LogP contribution in [0.4, 0.5) is 5.69 Å². The highest BCUT2D eigenvalue weighted by molar-refractivity contribution is 5.32. The first kappa shape index (κ1) is 5.88. The Bertz CT molecular complexity index is 183. The molecular formula is C6H9N2O+. The number of H-pyrrole nitrogens is 1. The zero-order valence-electron chi connectivity index (χ0n) is 5.22. The largest absolute Gasteiger partial charge is 0.448 e. The molecule has 1 heterocycles. The molecule has 0 bridgehead atoms. The van der Waals surface area contributed by atoms with Crippen LogP contribution in [0.5, 0.6) is 5.88 Å². The third-order valence-corrected chi connectivity index (χ3v) is 1.03. The molecule has 1 rings (SSSR count). The average molecular weight is 125 g/mol. The minimum absolute atomic E-state index is 0.704. The van der Waals surface area contributed by atoms with E-state index in [1.807, 2.05) is 0 Å². The lowest BCUT2D eigenvalue weighted by Gasteiger charge is -1.89. The van der Waals surface area contributed by atoms with E-state index in [4.69, 9.17) is 10.5 Å². The Morgan fingerprint density at radius 1 is 1.56 bits per heavy atom. The van der Waals surface area contributed by atoms with Crippen molar-refractivity contribution in [3.05, 3.63) is 18.3 Å². The molecule has 0 unspecified atom stereocenters. The molecule has 0 aromatic carbocycles. The summed E-state index contributed by atoms with van der Waals surface area (Å²) in [5.74, 6) is 0.712. The number of nitrogens with two attached hydrogens (primary N) is 1. The summed E-state index contributed by atoms with van der Waals surface area (Å²) in [6, 6.07) is 3.55. The van der Waals surface area contributed by atoms with Crippen molar-refractivity contribution < 1.29 is 9.72 Å². The van der Waals surface area contributed by atoms with Crippen molar-refractivity contribution in [3.63, 3.8) is 0 Å². The normalized spacial score (nSPS) is 9.00. The van der Waals surface area contributed by atoms with Gasteiger partial charge in [-0.15, -0.1) is 0 Å². The molecule has 0 atom stereocenters. The van der Waals surface area contributed by atoms with Crippen molar-refractivity contribution in [2.45, 2.75) is 0 Å². The van der Waals surface area contributed by atoms with Crippen molar-refractivity contribution in [1.82, 2.24) is 0 Å². The van der Waals surface area contributed by atoms with Crippen molar-refractivity contribution in [1.29, 1.82) is 0 Å². The number of aromatic amines is 1. The Hall–Kier alpha value is -1.25. The third kappa shape index (κ3) is 1.32. The lowest BCUT2D eigenvalue weighted by Crippen LogP contribution is -2.06. The summed E-state index contributed by atoms with van der Waals surface area (Å²) in [6.45, 7) is 0. The molecule has 0 saturated carbocycles. The molecule has 0 fully saturated rings. The predicted molar refractivity (Wildman–Crippen MR) is 34.0 cm³/mol. The van der Waals surface area contributed by atoms with E-state index in [1.165, 1.54) is 0 Å². The molecule has 0 aliphatic rings. The second-order valence-corrected chi connectivity index (χ2v) is 1.69. The van der Waals surface area contributed by atoms with Crippen LogP contribution in [0.25, 0.3) is 0 Å². The van der Waals surface area contributed by atoms with Crippen molar-refractivity contribution >= 4 is 5.69 Å². The van der Waals surface area contributed by atoms with E-state index in [9.17, 15) is 0 Å². The van der Waals surface area contributed by atoms with Gasteiger partial charge in [0.05, 0.1) is 18.9 Å². The molecule has 3 nitrogen and oxygen atoms in total. The van der Waals surface area contributed by atoms with E-state index >= 15 is 0 Å². The standard InChI is InChI=1S/C6H8N2O/c1-9-6-3-2-5(7)4-8-6/h2-4H,7H2,1H3/p+1. The Morgan fingerprint density at radius 3 is 2.78 bits per heavy atom. The maximum absolute atomic E-state index is 5.39. The third-order valence-electron chi connectivity index (χ3n) is 1.03. The van der Waals surface area contributed by atoms with E-state index in [-0.39, 0.29) is 0 Å². The van der Waals surface area contributed by atoms with E-state index in [1.54, 1.807) is 25.4 Å². The smallest absolute Gasteiger partial charge is 0.365 e. The summed E-state index contributed by atoms with van der Waals surface area (Å²) < 4.78 is 4.86. The number of anilines is 1. The maximum atomic E-state index is 5.39. The van der Waals surface area contributed by atoms with Crippen LogP contribution >= 0.6 is 0 Å². The first-order valence-corrected chi connectivity index (χ1v) is 2.64. The van der Waals surface area contributed by atoms with E-state index in [0.29, 0.717) is 11.6 Å². The molecule has 48 valence electrons. The lowest BCUT2D eigenvalue weighted by atomic mass is 10.4. The molecule has 9 heavy (non-hydrogen) atoms. The molecule has 0 saturated heterocycles. The Balaban J connectivity index is 2.88. The van der Waals surface area contributed by atoms with Gasteiger partial charge in [0.15, 0.2) is 6.20 Å². The Morgan fingerprint density at radius 2 is 2.33 bits per heavy atom. The number of nitrogen functional groups attached to an aromatic ring is 1. The molecule has 3 heteroatoms. The minimum Gasteiger partial charge on any atom is -0.448 e. The summed E-state index contributed by atoms with van der Waals surface area (Å²) in [7, 11) is 1.60. The fourth-order valence-electron chi connectivity index (χ4n) is 0.550. The summed E-state index contributed by atoms with van der Waals surface area (Å²) in [5, 5.41) is 0. The summed E-state index contributed by atoms with van der Waals surface area (Å²) in [6.07, 6.45) is 1.68. The highest BCUT2D eigenvalue weighted by Gasteiger charge is 1.95. The second-order valence-electron chi connectivity index (χ2n) is 1.69. The quantitative estimate of drug-likeness (QED) is 0.578. The number of rotatable bonds is 1. The summed E-state index contributed by atoms with van der Waals surface area (Å²) in [5.41, 5.74) is 6.10. The maximum Gasteiger partial charge on any atom is 0.365 e. The first-order valence-electron chi connectivity index (χ1n) is 2.64. The van der Waals surface area contributed by atoms with E-state index < -0.39 is 0 Å². The van der Waals surface area contributed by atoms with Crippen LogP contribution in [-0.2, 0) is 0 Å².